The lowest BCUT2D eigenvalue weighted by molar-refractivity contribution is 0.256. The maximum Gasteiger partial charge on any atom is 0.0101 e. The summed E-state index contributed by atoms with van der Waals surface area (Å²) in [5.41, 5.74) is 0. The fourth-order valence-corrected chi connectivity index (χ4v) is 2.02. The Morgan fingerprint density at radius 3 is 2.50 bits per heavy atom. The maximum atomic E-state index is 2.60. The predicted octanol–water partition coefficient (Wildman–Crippen LogP) is 1.10. The molecule has 0 N–H and O–H groups in total. The molecule has 0 amide bonds. The third kappa shape index (κ3) is 0.455. The monoisotopic (exact) mass is 111 g/mol. The summed E-state index contributed by atoms with van der Waals surface area (Å²) in [4.78, 5) is 2.60. The Labute approximate surface area is 50.7 Å². The Morgan fingerprint density at radius 1 is 1.50 bits per heavy atom. The molecule has 0 radical (unpaired) electrons. The molecule has 8 heavy (non-hydrogen) atoms. The van der Waals surface area contributed by atoms with Crippen LogP contribution in [0.3, 0.4) is 0 Å². The zero-order valence-electron chi connectivity index (χ0n) is 5.43. The summed E-state index contributed by atoms with van der Waals surface area (Å²) < 4.78 is 0. The lowest BCUT2D eigenvalue weighted by Gasteiger charge is -2.24. The first-order valence-electron chi connectivity index (χ1n) is 3.64. The number of nitrogens with zero attached hydrogens (tertiary/aromatic N) is 1. The second kappa shape index (κ2) is 1.47. The van der Waals surface area contributed by atoms with Crippen LogP contribution < -0.4 is 0 Å². The average molecular weight is 111 g/mol. The summed E-state index contributed by atoms with van der Waals surface area (Å²) >= 11 is 0. The van der Waals surface area contributed by atoms with E-state index >= 15 is 0 Å². The third-order valence-electron chi connectivity index (χ3n) is 2.63. The van der Waals surface area contributed by atoms with E-state index in [4.69, 9.17) is 0 Å². The topological polar surface area (TPSA) is 3.24 Å². The number of hydrogen-bond acceptors (Lipinski definition) is 1. The van der Waals surface area contributed by atoms with Crippen molar-refractivity contribution in [2.75, 3.05) is 13.1 Å². The molecule has 0 aromatic heterocycles. The molecule has 2 saturated heterocycles. The van der Waals surface area contributed by atoms with Crippen molar-refractivity contribution in [3.8, 4) is 0 Å². The molecular weight excluding hydrogens is 98.1 g/mol. The van der Waals surface area contributed by atoms with Crippen molar-refractivity contribution >= 4 is 0 Å². The van der Waals surface area contributed by atoms with E-state index in [1.807, 2.05) is 0 Å². The van der Waals surface area contributed by atoms with Crippen molar-refractivity contribution in [2.45, 2.75) is 25.8 Å². The van der Waals surface area contributed by atoms with Gasteiger partial charge in [-0.05, 0) is 25.3 Å². The first kappa shape index (κ1) is 4.80. The van der Waals surface area contributed by atoms with E-state index < -0.39 is 0 Å². The van der Waals surface area contributed by atoms with E-state index in [-0.39, 0.29) is 0 Å². The predicted molar refractivity (Wildman–Crippen MR) is 33.8 cm³/mol. The molecule has 0 spiro atoms. The highest BCUT2D eigenvalue weighted by atomic mass is 15.2. The molecule has 3 aliphatic rings. The lowest BCUT2D eigenvalue weighted by Crippen LogP contribution is -2.28. The average Bonchev–Trinajstić information content (AvgIpc) is 2.15. The summed E-state index contributed by atoms with van der Waals surface area (Å²) in [6, 6.07) is 1.00. The molecule has 1 nitrogen and oxygen atoms in total. The Morgan fingerprint density at radius 2 is 2.25 bits per heavy atom. The fraction of sp³-hybridized carbons (Fsp3) is 1.00. The van der Waals surface area contributed by atoms with Gasteiger partial charge in [-0.25, -0.2) is 0 Å². The minimum absolute atomic E-state index is 1.00. The molecule has 1 aliphatic carbocycles. The second-order valence-corrected chi connectivity index (χ2v) is 3.08. The minimum atomic E-state index is 1.00. The van der Waals surface area contributed by atoms with Crippen molar-refractivity contribution in [3.05, 3.63) is 0 Å². The van der Waals surface area contributed by atoms with E-state index in [1.165, 1.54) is 25.9 Å². The van der Waals surface area contributed by atoms with E-state index in [9.17, 15) is 0 Å². The molecule has 2 heterocycles. The lowest BCUT2D eigenvalue weighted by atomic mass is 9.86. The van der Waals surface area contributed by atoms with Crippen LogP contribution in [0, 0.1) is 5.92 Å². The van der Waals surface area contributed by atoms with Crippen LogP contribution in [0.15, 0.2) is 0 Å². The number of fused-ring (bicyclic) bond motifs is 1. The zero-order chi connectivity index (χ0) is 5.56. The number of rotatable bonds is 1. The SMILES string of the molecule is CCN1CC2CC1C2. The highest BCUT2D eigenvalue weighted by Crippen LogP contribution is 2.39. The molecule has 1 heteroatoms. The van der Waals surface area contributed by atoms with Crippen molar-refractivity contribution in [1.82, 2.24) is 4.90 Å². The van der Waals surface area contributed by atoms with Crippen LogP contribution in [0.2, 0.25) is 0 Å². The molecule has 2 aliphatic heterocycles. The summed E-state index contributed by atoms with van der Waals surface area (Å²) in [7, 11) is 0. The van der Waals surface area contributed by atoms with Crippen LogP contribution in [0.4, 0.5) is 0 Å². The van der Waals surface area contributed by atoms with Gasteiger partial charge in [-0.15, -0.1) is 0 Å². The first-order chi connectivity index (χ1) is 3.90. The van der Waals surface area contributed by atoms with Crippen molar-refractivity contribution < 1.29 is 0 Å². The Bertz CT molecular complexity index is 94.6. The molecule has 0 unspecified atom stereocenters. The van der Waals surface area contributed by atoms with Crippen LogP contribution in [0.25, 0.3) is 0 Å². The summed E-state index contributed by atoms with van der Waals surface area (Å²) in [5, 5.41) is 0. The minimum Gasteiger partial charge on any atom is -0.300 e. The molecule has 3 rings (SSSR count). The maximum absolute atomic E-state index is 2.60. The molecule has 0 atom stereocenters. The van der Waals surface area contributed by atoms with E-state index in [2.05, 4.69) is 11.8 Å². The molecule has 46 valence electrons. The zero-order valence-corrected chi connectivity index (χ0v) is 5.43. The molecule has 1 saturated carbocycles. The molecule has 2 bridgehead atoms. The highest BCUT2D eigenvalue weighted by molar-refractivity contribution is 4.96. The van der Waals surface area contributed by atoms with Gasteiger partial charge in [0.2, 0.25) is 0 Å². The van der Waals surface area contributed by atoms with E-state index in [0.29, 0.717) is 0 Å². The summed E-state index contributed by atoms with van der Waals surface area (Å²) in [6.07, 6.45) is 3.02. The number of hydrogen-bond donors (Lipinski definition) is 0. The van der Waals surface area contributed by atoms with Crippen LogP contribution in [0.5, 0.6) is 0 Å². The Balaban J connectivity index is 2.00. The molecule has 3 fully saturated rings. The fourth-order valence-electron chi connectivity index (χ4n) is 2.02. The first-order valence-corrected chi connectivity index (χ1v) is 3.64. The van der Waals surface area contributed by atoms with Gasteiger partial charge in [0.05, 0.1) is 0 Å². The van der Waals surface area contributed by atoms with Gasteiger partial charge in [-0.1, -0.05) is 6.92 Å². The van der Waals surface area contributed by atoms with Crippen LogP contribution in [-0.2, 0) is 0 Å². The van der Waals surface area contributed by atoms with Gasteiger partial charge in [0, 0.05) is 12.6 Å². The van der Waals surface area contributed by atoms with Gasteiger partial charge in [-0.2, -0.15) is 0 Å². The Kier molecular flexibility index (Phi) is 0.884. The molecular formula is C7H13N. The largest absolute Gasteiger partial charge is 0.300 e. The standard InChI is InChI=1S/C7H13N/c1-2-8-5-6-3-7(8)4-6/h6-7H,2-5H2,1H3. The van der Waals surface area contributed by atoms with Crippen LogP contribution >= 0.6 is 0 Å². The highest BCUT2D eigenvalue weighted by Gasteiger charge is 2.41. The normalized spacial score (nSPS) is 44.6. The van der Waals surface area contributed by atoms with Crippen LogP contribution in [-0.4, -0.2) is 24.0 Å². The second-order valence-electron chi connectivity index (χ2n) is 3.08. The van der Waals surface area contributed by atoms with Crippen molar-refractivity contribution in [2.24, 2.45) is 5.92 Å². The van der Waals surface area contributed by atoms with Gasteiger partial charge < -0.3 is 4.90 Å². The summed E-state index contributed by atoms with van der Waals surface area (Å²) in [5.74, 6) is 1.10. The van der Waals surface area contributed by atoms with Gasteiger partial charge in [0.1, 0.15) is 0 Å². The molecule has 0 aromatic rings. The molecule has 0 aromatic carbocycles. The van der Waals surface area contributed by atoms with Crippen molar-refractivity contribution in [3.63, 3.8) is 0 Å². The van der Waals surface area contributed by atoms with Crippen LogP contribution in [0.1, 0.15) is 19.8 Å². The van der Waals surface area contributed by atoms with Gasteiger partial charge in [0.25, 0.3) is 0 Å². The third-order valence-corrected chi connectivity index (χ3v) is 2.63. The van der Waals surface area contributed by atoms with Gasteiger partial charge in [-0.3, -0.25) is 0 Å². The Hall–Kier alpha value is -0.0400. The van der Waals surface area contributed by atoms with Crippen molar-refractivity contribution in [1.29, 1.82) is 0 Å². The smallest absolute Gasteiger partial charge is 0.0101 e. The summed E-state index contributed by atoms with van der Waals surface area (Å²) in [6.45, 7) is 4.95. The van der Waals surface area contributed by atoms with E-state index in [1.54, 1.807) is 0 Å². The van der Waals surface area contributed by atoms with Gasteiger partial charge in [0.15, 0.2) is 0 Å². The van der Waals surface area contributed by atoms with E-state index in [0.717, 1.165) is 12.0 Å². The quantitative estimate of drug-likeness (QED) is 0.490. The van der Waals surface area contributed by atoms with Gasteiger partial charge >= 0.3 is 0 Å².